The van der Waals surface area contributed by atoms with Gasteiger partial charge < -0.3 is 5.11 Å². The van der Waals surface area contributed by atoms with Crippen LogP contribution in [0.1, 0.15) is 22.8 Å². The molecular formula is C24H21F2NO3S. The molecule has 0 saturated heterocycles. The van der Waals surface area contributed by atoms with Gasteiger partial charge in [0, 0.05) is 24.1 Å². The molecule has 0 aliphatic carbocycles. The number of rotatable bonds is 4. The van der Waals surface area contributed by atoms with Gasteiger partial charge in [0.1, 0.15) is 11.6 Å². The number of para-hydroxylation sites is 1. The number of nitrogens with zero attached hydrogens (tertiary/aromatic N) is 1. The highest BCUT2D eigenvalue weighted by molar-refractivity contribution is 7.92. The normalized spacial score (nSPS) is 18.5. The van der Waals surface area contributed by atoms with Gasteiger partial charge in [0.2, 0.25) is 0 Å². The van der Waals surface area contributed by atoms with E-state index in [2.05, 4.69) is 6.58 Å². The van der Waals surface area contributed by atoms with Crippen LogP contribution in [-0.2, 0) is 10.0 Å². The summed E-state index contributed by atoms with van der Waals surface area (Å²) in [6, 6.07) is 16.1. The first kappa shape index (κ1) is 21.2. The van der Waals surface area contributed by atoms with E-state index in [9.17, 15) is 22.3 Å². The van der Waals surface area contributed by atoms with Crippen LogP contribution in [0.15, 0.2) is 78.2 Å². The number of sulfonamides is 1. The molecule has 1 aliphatic heterocycles. The van der Waals surface area contributed by atoms with Crippen LogP contribution in [0.25, 0.3) is 5.57 Å². The number of aliphatic hydroxyl groups excluding tert-OH is 1. The fraction of sp³-hybridized carbons (Fsp3) is 0.167. The first-order valence-electron chi connectivity index (χ1n) is 9.70. The summed E-state index contributed by atoms with van der Waals surface area (Å²) in [5.74, 6) is -2.34. The van der Waals surface area contributed by atoms with Gasteiger partial charge in [-0.05, 0) is 48.4 Å². The molecule has 2 unspecified atom stereocenters. The molecule has 160 valence electrons. The zero-order valence-electron chi connectivity index (χ0n) is 16.8. The Bertz CT molecular complexity index is 1240. The van der Waals surface area contributed by atoms with Gasteiger partial charge in [-0.2, -0.15) is 0 Å². The lowest BCUT2D eigenvalue weighted by molar-refractivity contribution is 0.135. The Kier molecular flexibility index (Phi) is 5.41. The lowest BCUT2D eigenvalue weighted by atomic mass is 9.83. The Morgan fingerprint density at radius 3 is 2.29 bits per heavy atom. The van der Waals surface area contributed by atoms with Gasteiger partial charge in [-0.1, -0.05) is 42.5 Å². The van der Waals surface area contributed by atoms with Crippen LogP contribution in [-0.4, -0.2) is 20.1 Å². The van der Waals surface area contributed by atoms with Crippen molar-refractivity contribution < 1.29 is 22.3 Å². The van der Waals surface area contributed by atoms with E-state index >= 15 is 0 Å². The number of aliphatic hydroxyl groups is 1. The molecule has 2 atom stereocenters. The average molecular weight is 441 g/mol. The standard InChI is InChI=1S/C24H21F2NO3S/c1-15-7-9-20(10-8-15)31(29,30)27-14-22(24(28)21-5-3-4-6-23(21)27)16(2)17-11-18(25)13-19(26)12-17/h3-13,22,24,28H,2,14H2,1H3. The molecule has 31 heavy (non-hydrogen) atoms. The van der Waals surface area contributed by atoms with Gasteiger partial charge in [0.25, 0.3) is 10.0 Å². The van der Waals surface area contributed by atoms with Crippen LogP contribution in [0.3, 0.4) is 0 Å². The number of hydrogen-bond acceptors (Lipinski definition) is 3. The van der Waals surface area contributed by atoms with Gasteiger partial charge in [0.15, 0.2) is 0 Å². The minimum absolute atomic E-state index is 0.116. The molecule has 4 nitrogen and oxygen atoms in total. The van der Waals surface area contributed by atoms with E-state index in [4.69, 9.17) is 0 Å². The fourth-order valence-electron chi connectivity index (χ4n) is 3.88. The highest BCUT2D eigenvalue weighted by Crippen LogP contribution is 2.44. The first-order valence-corrected chi connectivity index (χ1v) is 11.1. The summed E-state index contributed by atoms with van der Waals surface area (Å²) in [5, 5.41) is 11.0. The maximum absolute atomic E-state index is 13.8. The topological polar surface area (TPSA) is 57.6 Å². The van der Waals surface area contributed by atoms with E-state index in [1.807, 2.05) is 6.92 Å². The van der Waals surface area contributed by atoms with Gasteiger partial charge >= 0.3 is 0 Å². The predicted molar refractivity (Wildman–Crippen MR) is 116 cm³/mol. The molecular weight excluding hydrogens is 420 g/mol. The summed E-state index contributed by atoms with van der Waals surface area (Å²) in [4.78, 5) is 0.116. The van der Waals surface area contributed by atoms with E-state index in [-0.39, 0.29) is 22.6 Å². The Morgan fingerprint density at radius 1 is 1.03 bits per heavy atom. The predicted octanol–water partition coefficient (Wildman–Crippen LogP) is 4.85. The third kappa shape index (κ3) is 3.86. The molecule has 3 aromatic rings. The van der Waals surface area contributed by atoms with Crippen molar-refractivity contribution >= 4 is 21.3 Å². The molecule has 4 rings (SSSR count). The van der Waals surface area contributed by atoms with E-state index in [1.165, 1.54) is 16.4 Å². The molecule has 0 radical (unpaired) electrons. The minimum Gasteiger partial charge on any atom is -0.388 e. The molecule has 1 aliphatic rings. The number of anilines is 1. The van der Waals surface area contributed by atoms with Crippen LogP contribution < -0.4 is 4.31 Å². The molecule has 7 heteroatoms. The lowest BCUT2D eigenvalue weighted by Gasteiger charge is -2.39. The SMILES string of the molecule is C=C(c1cc(F)cc(F)c1)C1CN(S(=O)(=O)c2ccc(C)cc2)c2ccccc2C1O. The number of benzene rings is 3. The van der Waals surface area contributed by atoms with Crippen molar-refractivity contribution in [3.05, 3.63) is 102 Å². The van der Waals surface area contributed by atoms with Gasteiger partial charge in [0.05, 0.1) is 16.7 Å². The Labute approximate surface area is 180 Å². The Morgan fingerprint density at radius 2 is 1.65 bits per heavy atom. The maximum atomic E-state index is 13.8. The van der Waals surface area contributed by atoms with Gasteiger partial charge in [-0.15, -0.1) is 0 Å². The summed E-state index contributed by atoms with van der Waals surface area (Å²) in [5.41, 5.74) is 2.13. The minimum atomic E-state index is -3.95. The fourth-order valence-corrected chi connectivity index (χ4v) is 5.39. The second-order valence-corrected chi connectivity index (χ2v) is 9.51. The van der Waals surface area contributed by atoms with Crippen LogP contribution in [0.2, 0.25) is 0 Å². The molecule has 0 amide bonds. The largest absolute Gasteiger partial charge is 0.388 e. The Balaban J connectivity index is 1.80. The zero-order valence-corrected chi connectivity index (χ0v) is 17.6. The second-order valence-electron chi connectivity index (χ2n) is 7.64. The van der Waals surface area contributed by atoms with E-state index in [0.717, 1.165) is 23.8 Å². The van der Waals surface area contributed by atoms with Crippen molar-refractivity contribution in [2.45, 2.75) is 17.9 Å². The summed E-state index contributed by atoms with van der Waals surface area (Å²) in [6.07, 6.45) is -1.08. The highest BCUT2D eigenvalue weighted by atomic mass is 32.2. The smallest absolute Gasteiger partial charge is 0.264 e. The molecule has 0 saturated carbocycles. The van der Waals surface area contributed by atoms with Crippen LogP contribution in [0.4, 0.5) is 14.5 Å². The van der Waals surface area contributed by atoms with Crippen molar-refractivity contribution in [1.29, 1.82) is 0 Å². The molecule has 0 bridgehead atoms. The van der Waals surface area contributed by atoms with E-state index in [1.54, 1.807) is 36.4 Å². The molecule has 3 aromatic carbocycles. The number of hydrogen-bond donors (Lipinski definition) is 1. The third-order valence-electron chi connectivity index (χ3n) is 5.56. The lowest BCUT2D eigenvalue weighted by Crippen LogP contribution is -2.42. The number of halogens is 2. The molecule has 1 N–H and O–H groups in total. The molecule has 0 spiro atoms. The maximum Gasteiger partial charge on any atom is 0.264 e. The van der Waals surface area contributed by atoms with E-state index < -0.39 is 33.7 Å². The van der Waals surface area contributed by atoms with Crippen molar-refractivity contribution in [3.63, 3.8) is 0 Å². The summed E-state index contributed by atoms with van der Waals surface area (Å²) >= 11 is 0. The van der Waals surface area contributed by atoms with Crippen LogP contribution >= 0.6 is 0 Å². The van der Waals surface area contributed by atoms with Crippen molar-refractivity contribution in [2.75, 3.05) is 10.8 Å². The first-order chi connectivity index (χ1) is 14.7. The monoisotopic (exact) mass is 441 g/mol. The number of aryl methyl sites for hydroxylation is 1. The molecule has 0 aromatic heterocycles. The third-order valence-corrected chi connectivity index (χ3v) is 7.35. The summed E-state index contributed by atoms with van der Waals surface area (Å²) in [7, 11) is -3.95. The van der Waals surface area contributed by atoms with Gasteiger partial charge in [-0.25, -0.2) is 17.2 Å². The Hall–Kier alpha value is -3.03. The average Bonchev–Trinajstić information content (AvgIpc) is 2.73. The van der Waals surface area contributed by atoms with Gasteiger partial charge in [-0.3, -0.25) is 4.31 Å². The summed E-state index contributed by atoms with van der Waals surface area (Å²) < 4.78 is 55.7. The van der Waals surface area contributed by atoms with Crippen LogP contribution in [0, 0.1) is 24.5 Å². The van der Waals surface area contributed by atoms with Crippen molar-refractivity contribution in [2.24, 2.45) is 5.92 Å². The highest BCUT2D eigenvalue weighted by Gasteiger charge is 2.39. The molecule has 0 fully saturated rings. The summed E-state index contributed by atoms with van der Waals surface area (Å²) in [6.45, 7) is 5.68. The molecule has 1 heterocycles. The zero-order chi connectivity index (χ0) is 22.3. The van der Waals surface area contributed by atoms with Crippen LogP contribution in [0.5, 0.6) is 0 Å². The second kappa shape index (κ2) is 7.90. The van der Waals surface area contributed by atoms with E-state index in [0.29, 0.717) is 11.3 Å². The van der Waals surface area contributed by atoms with Crippen molar-refractivity contribution in [3.8, 4) is 0 Å². The van der Waals surface area contributed by atoms with Crippen molar-refractivity contribution in [1.82, 2.24) is 0 Å². The number of fused-ring (bicyclic) bond motifs is 1. The quantitative estimate of drug-likeness (QED) is 0.630.